The molecule has 0 amide bonds. The Balaban J connectivity index is 1.49. The maximum absolute atomic E-state index is 6.09. The Morgan fingerprint density at radius 2 is 1.96 bits per heavy atom. The van der Waals surface area contributed by atoms with Gasteiger partial charge in [0.2, 0.25) is 0 Å². The molecule has 2 aliphatic rings. The average Bonchev–Trinajstić information content (AvgIpc) is 2.57. The lowest BCUT2D eigenvalue weighted by Crippen LogP contribution is -2.46. The van der Waals surface area contributed by atoms with E-state index in [-0.39, 0.29) is 5.60 Å². The molecule has 124 valence electrons. The predicted molar refractivity (Wildman–Crippen MR) is 94.8 cm³/mol. The van der Waals surface area contributed by atoms with E-state index in [1.165, 1.54) is 11.1 Å². The zero-order chi connectivity index (χ0) is 16.1. The van der Waals surface area contributed by atoms with Gasteiger partial charge < -0.3 is 9.47 Å². The molecule has 0 unspecified atom stereocenters. The molecule has 23 heavy (non-hydrogen) atoms. The average molecular weight is 313 g/mol. The zero-order valence-corrected chi connectivity index (χ0v) is 14.3. The van der Waals surface area contributed by atoms with Gasteiger partial charge in [-0.2, -0.15) is 0 Å². The highest BCUT2D eigenvalue weighted by Crippen LogP contribution is 2.32. The SMILES string of the molecule is COc1ccc(C=CCN2CCC3(C=C(C)CCO3)CC2)cc1. The van der Waals surface area contributed by atoms with Crippen molar-refractivity contribution in [2.75, 3.05) is 33.4 Å². The third-order valence-electron chi connectivity index (χ3n) is 4.89. The van der Waals surface area contributed by atoms with Crippen molar-refractivity contribution in [3.63, 3.8) is 0 Å². The first-order chi connectivity index (χ1) is 11.2. The van der Waals surface area contributed by atoms with Crippen molar-refractivity contribution < 1.29 is 9.47 Å². The van der Waals surface area contributed by atoms with E-state index >= 15 is 0 Å². The molecule has 1 fully saturated rings. The molecule has 1 aromatic rings. The Morgan fingerprint density at radius 3 is 2.61 bits per heavy atom. The second-order valence-corrected chi connectivity index (χ2v) is 6.63. The molecule has 1 aromatic carbocycles. The highest BCUT2D eigenvalue weighted by molar-refractivity contribution is 5.50. The molecule has 1 spiro atoms. The number of likely N-dealkylation sites (tertiary alicyclic amines) is 1. The fourth-order valence-electron chi connectivity index (χ4n) is 3.43. The maximum atomic E-state index is 6.09. The first-order valence-electron chi connectivity index (χ1n) is 8.54. The Hall–Kier alpha value is -1.58. The van der Waals surface area contributed by atoms with E-state index in [0.717, 1.165) is 51.3 Å². The maximum Gasteiger partial charge on any atom is 0.118 e. The molecule has 0 N–H and O–H groups in total. The molecule has 0 atom stereocenters. The molecular formula is C20H27NO2. The first kappa shape index (κ1) is 16.3. The number of methoxy groups -OCH3 is 1. The van der Waals surface area contributed by atoms with Crippen molar-refractivity contribution in [1.29, 1.82) is 0 Å². The molecular weight excluding hydrogens is 286 g/mol. The van der Waals surface area contributed by atoms with Gasteiger partial charge in [-0.25, -0.2) is 0 Å². The first-order valence-corrected chi connectivity index (χ1v) is 8.54. The van der Waals surface area contributed by atoms with Crippen LogP contribution in [0.15, 0.2) is 42.0 Å². The summed E-state index contributed by atoms with van der Waals surface area (Å²) in [7, 11) is 1.70. The van der Waals surface area contributed by atoms with E-state index < -0.39 is 0 Å². The van der Waals surface area contributed by atoms with Crippen LogP contribution in [0.4, 0.5) is 0 Å². The van der Waals surface area contributed by atoms with Crippen molar-refractivity contribution >= 4 is 6.08 Å². The van der Waals surface area contributed by atoms with Gasteiger partial charge in [0.15, 0.2) is 0 Å². The van der Waals surface area contributed by atoms with Gasteiger partial charge in [0, 0.05) is 19.6 Å². The normalized spacial score (nSPS) is 21.6. The van der Waals surface area contributed by atoms with Crippen LogP contribution in [-0.2, 0) is 4.74 Å². The van der Waals surface area contributed by atoms with Gasteiger partial charge in [-0.1, -0.05) is 35.9 Å². The van der Waals surface area contributed by atoms with E-state index in [9.17, 15) is 0 Å². The summed E-state index contributed by atoms with van der Waals surface area (Å²) in [6.07, 6.45) is 10.1. The van der Waals surface area contributed by atoms with E-state index in [1.807, 2.05) is 12.1 Å². The summed E-state index contributed by atoms with van der Waals surface area (Å²) in [5.41, 5.74) is 2.73. The third kappa shape index (κ3) is 4.24. The minimum atomic E-state index is 0.0263. The second kappa shape index (κ2) is 7.33. The molecule has 3 rings (SSSR count). The van der Waals surface area contributed by atoms with Crippen LogP contribution >= 0.6 is 0 Å². The number of ether oxygens (including phenoxy) is 2. The molecule has 2 aliphatic heterocycles. The van der Waals surface area contributed by atoms with Crippen molar-refractivity contribution in [3.05, 3.63) is 47.6 Å². The highest BCUT2D eigenvalue weighted by atomic mass is 16.5. The standard InChI is InChI=1S/C20H27NO2/c1-17-9-15-23-20(16-17)10-13-21(14-11-20)12-3-4-18-5-7-19(22-2)8-6-18/h3-8,16H,9-15H2,1-2H3. The molecule has 2 heterocycles. The molecule has 0 aliphatic carbocycles. The van der Waals surface area contributed by atoms with Crippen molar-refractivity contribution in [2.24, 2.45) is 0 Å². The van der Waals surface area contributed by atoms with Gasteiger partial charge in [0.1, 0.15) is 5.75 Å². The van der Waals surface area contributed by atoms with Gasteiger partial charge in [-0.05, 0) is 43.9 Å². The predicted octanol–water partition coefficient (Wildman–Crippen LogP) is 3.91. The topological polar surface area (TPSA) is 21.7 Å². The Labute approximate surface area is 139 Å². The van der Waals surface area contributed by atoms with E-state index in [4.69, 9.17) is 9.47 Å². The van der Waals surface area contributed by atoms with Crippen LogP contribution < -0.4 is 4.74 Å². The highest BCUT2D eigenvalue weighted by Gasteiger charge is 2.34. The minimum Gasteiger partial charge on any atom is -0.497 e. The molecule has 3 nitrogen and oxygen atoms in total. The van der Waals surface area contributed by atoms with Crippen LogP contribution in [-0.4, -0.2) is 43.9 Å². The van der Waals surface area contributed by atoms with Crippen molar-refractivity contribution in [1.82, 2.24) is 4.90 Å². The smallest absolute Gasteiger partial charge is 0.118 e. The van der Waals surface area contributed by atoms with Gasteiger partial charge >= 0.3 is 0 Å². The number of piperidine rings is 1. The van der Waals surface area contributed by atoms with Crippen molar-refractivity contribution in [2.45, 2.75) is 31.8 Å². The lowest BCUT2D eigenvalue weighted by Gasteiger charge is -2.42. The monoisotopic (exact) mass is 313 g/mol. The Kier molecular flexibility index (Phi) is 5.19. The molecule has 1 saturated heterocycles. The van der Waals surface area contributed by atoms with E-state index in [0.29, 0.717) is 0 Å². The van der Waals surface area contributed by atoms with Gasteiger partial charge in [-0.3, -0.25) is 4.90 Å². The van der Waals surface area contributed by atoms with Crippen LogP contribution in [0.25, 0.3) is 6.08 Å². The van der Waals surface area contributed by atoms with Gasteiger partial charge in [-0.15, -0.1) is 0 Å². The Morgan fingerprint density at radius 1 is 1.22 bits per heavy atom. The molecule has 0 saturated carbocycles. The lowest BCUT2D eigenvalue weighted by atomic mass is 9.87. The van der Waals surface area contributed by atoms with Gasteiger partial charge in [0.25, 0.3) is 0 Å². The summed E-state index contributed by atoms with van der Waals surface area (Å²) >= 11 is 0. The van der Waals surface area contributed by atoms with Gasteiger partial charge in [0.05, 0.1) is 19.3 Å². The fraction of sp³-hybridized carbons (Fsp3) is 0.500. The second-order valence-electron chi connectivity index (χ2n) is 6.63. The van der Waals surface area contributed by atoms with Crippen LogP contribution in [0.5, 0.6) is 5.75 Å². The molecule has 0 radical (unpaired) electrons. The minimum absolute atomic E-state index is 0.0263. The number of rotatable bonds is 4. The third-order valence-corrected chi connectivity index (χ3v) is 4.89. The van der Waals surface area contributed by atoms with E-state index in [2.05, 4.69) is 42.2 Å². The van der Waals surface area contributed by atoms with E-state index in [1.54, 1.807) is 7.11 Å². The summed E-state index contributed by atoms with van der Waals surface area (Å²) in [6.45, 7) is 6.34. The number of benzene rings is 1. The number of nitrogens with zero attached hydrogens (tertiary/aromatic N) is 1. The molecule has 3 heteroatoms. The van der Waals surface area contributed by atoms with Crippen LogP contribution in [0.2, 0.25) is 0 Å². The van der Waals surface area contributed by atoms with Crippen LogP contribution in [0.3, 0.4) is 0 Å². The number of hydrogen-bond acceptors (Lipinski definition) is 3. The lowest BCUT2D eigenvalue weighted by molar-refractivity contribution is -0.0549. The van der Waals surface area contributed by atoms with Crippen molar-refractivity contribution in [3.8, 4) is 5.75 Å². The zero-order valence-electron chi connectivity index (χ0n) is 14.3. The fourth-order valence-corrected chi connectivity index (χ4v) is 3.43. The Bertz CT molecular complexity index is 566. The van der Waals surface area contributed by atoms with Crippen LogP contribution in [0, 0.1) is 0 Å². The molecule has 0 bridgehead atoms. The molecule has 0 aromatic heterocycles. The summed E-state index contributed by atoms with van der Waals surface area (Å²) in [5, 5.41) is 0. The largest absolute Gasteiger partial charge is 0.497 e. The summed E-state index contributed by atoms with van der Waals surface area (Å²) in [4.78, 5) is 2.51. The summed E-state index contributed by atoms with van der Waals surface area (Å²) in [5.74, 6) is 0.902. The van der Waals surface area contributed by atoms with Crippen LogP contribution in [0.1, 0.15) is 31.7 Å². The summed E-state index contributed by atoms with van der Waals surface area (Å²) < 4.78 is 11.3. The number of hydrogen-bond donors (Lipinski definition) is 0. The summed E-state index contributed by atoms with van der Waals surface area (Å²) in [6, 6.07) is 8.17. The quantitative estimate of drug-likeness (QED) is 0.787.